The van der Waals surface area contributed by atoms with E-state index in [-0.39, 0.29) is 12.0 Å². The fourth-order valence-electron chi connectivity index (χ4n) is 0.844. The molecule has 0 saturated carbocycles. The molecule has 0 heterocycles. The van der Waals surface area contributed by atoms with Gasteiger partial charge in [0.05, 0.1) is 7.11 Å². The molecule has 1 atom stereocenters. The molecule has 0 rings (SSSR count). The standard InChI is InChI=1S/C7H16N2O2/c1-9-6(4-3-5-8)7(10)11-2/h6,9H,3-5,8H2,1-2H3. The van der Waals surface area contributed by atoms with Gasteiger partial charge in [-0.2, -0.15) is 0 Å². The van der Waals surface area contributed by atoms with Gasteiger partial charge in [-0.25, -0.2) is 0 Å². The second-order valence-corrected chi connectivity index (χ2v) is 2.30. The molecule has 0 amide bonds. The Morgan fingerprint density at radius 2 is 2.36 bits per heavy atom. The number of carbonyl (C=O) groups is 1. The third-order valence-electron chi connectivity index (χ3n) is 1.53. The summed E-state index contributed by atoms with van der Waals surface area (Å²) in [6.07, 6.45) is 1.57. The van der Waals surface area contributed by atoms with Crippen molar-refractivity contribution in [2.75, 3.05) is 20.7 Å². The minimum atomic E-state index is -0.221. The van der Waals surface area contributed by atoms with Crippen molar-refractivity contribution in [1.82, 2.24) is 5.32 Å². The zero-order chi connectivity index (χ0) is 8.69. The predicted molar refractivity (Wildman–Crippen MR) is 43.2 cm³/mol. The minimum Gasteiger partial charge on any atom is -0.468 e. The number of methoxy groups -OCH3 is 1. The van der Waals surface area contributed by atoms with E-state index < -0.39 is 0 Å². The highest BCUT2D eigenvalue weighted by molar-refractivity contribution is 5.75. The molecule has 0 aliphatic rings. The number of hydrogen-bond donors (Lipinski definition) is 2. The van der Waals surface area contributed by atoms with Gasteiger partial charge >= 0.3 is 5.97 Å². The molecule has 0 bridgehead atoms. The van der Waals surface area contributed by atoms with Crippen LogP contribution in [0.4, 0.5) is 0 Å². The van der Waals surface area contributed by atoms with Crippen molar-refractivity contribution in [3.05, 3.63) is 0 Å². The van der Waals surface area contributed by atoms with E-state index in [1.165, 1.54) is 7.11 Å². The fourth-order valence-corrected chi connectivity index (χ4v) is 0.844. The monoisotopic (exact) mass is 160 g/mol. The molecule has 0 fully saturated rings. The van der Waals surface area contributed by atoms with Crippen molar-refractivity contribution >= 4 is 5.97 Å². The average molecular weight is 160 g/mol. The van der Waals surface area contributed by atoms with Gasteiger partial charge in [0.2, 0.25) is 0 Å². The summed E-state index contributed by atoms with van der Waals surface area (Å²) in [6, 6.07) is -0.205. The number of ether oxygens (including phenoxy) is 1. The second-order valence-electron chi connectivity index (χ2n) is 2.30. The van der Waals surface area contributed by atoms with Crippen LogP contribution in [0.15, 0.2) is 0 Å². The molecule has 0 aromatic heterocycles. The van der Waals surface area contributed by atoms with Gasteiger partial charge < -0.3 is 15.8 Å². The maximum atomic E-state index is 10.9. The Labute approximate surface area is 67.1 Å². The number of nitrogens with one attached hydrogen (secondary N) is 1. The van der Waals surface area contributed by atoms with Gasteiger partial charge in [-0.1, -0.05) is 0 Å². The van der Waals surface area contributed by atoms with Crippen molar-refractivity contribution in [2.45, 2.75) is 18.9 Å². The summed E-state index contributed by atoms with van der Waals surface area (Å²) in [5.74, 6) is -0.221. The van der Waals surface area contributed by atoms with Crippen LogP contribution in [0.25, 0.3) is 0 Å². The quantitative estimate of drug-likeness (QED) is 0.531. The van der Waals surface area contributed by atoms with E-state index in [2.05, 4.69) is 10.1 Å². The van der Waals surface area contributed by atoms with Crippen LogP contribution < -0.4 is 11.1 Å². The highest BCUT2D eigenvalue weighted by Gasteiger charge is 2.14. The normalized spacial score (nSPS) is 12.6. The molecule has 4 nitrogen and oxygen atoms in total. The van der Waals surface area contributed by atoms with Crippen molar-refractivity contribution in [3.8, 4) is 0 Å². The lowest BCUT2D eigenvalue weighted by molar-refractivity contribution is -0.143. The Balaban J connectivity index is 3.65. The first kappa shape index (κ1) is 10.4. The lowest BCUT2D eigenvalue weighted by Crippen LogP contribution is -2.35. The summed E-state index contributed by atoms with van der Waals surface area (Å²) >= 11 is 0. The van der Waals surface area contributed by atoms with Crippen LogP contribution in [-0.2, 0) is 9.53 Å². The Morgan fingerprint density at radius 3 is 2.73 bits per heavy atom. The Kier molecular flexibility index (Phi) is 5.78. The third kappa shape index (κ3) is 3.95. The first-order chi connectivity index (χ1) is 5.26. The van der Waals surface area contributed by atoms with E-state index in [1.54, 1.807) is 7.05 Å². The van der Waals surface area contributed by atoms with E-state index in [1.807, 2.05) is 0 Å². The Hall–Kier alpha value is -0.610. The number of hydrogen-bond acceptors (Lipinski definition) is 4. The Bertz CT molecular complexity index is 117. The van der Waals surface area contributed by atoms with Crippen molar-refractivity contribution in [1.29, 1.82) is 0 Å². The van der Waals surface area contributed by atoms with E-state index >= 15 is 0 Å². The van der Waals surface area contributed by atoms with Crippen LogP contribution in [0.2, 0.25) is 0 Å². The molecule has 0 spiro atoms. The summed E-state index contributed by atoms with van der Waals surface area (Å²) in [4.78, 5) is 10.9. The number of carbonyl (C=O) groups excluding carboxylic acids is 1. The minimum absolute atomic E-state index is 0.205. The number of esters is 1. The molecular formula is C7H16N2O2. The fraction of sp³-hybridized carbons (Fsp3) is 0.857. The molecule has 0 aromatic rings. The van der Waals surface area contributed by atoms with Crippen molar-refractivity contribution in [2.24, 2.45) is 5.73 Å². The molecule has 0 aliphatic carbocycles. The van der Waals surface area contributed by atoms with Crippen LogP contribution in [-0.4, -0.2) is 32.7 Å². The lowest BCUT2D eigenvalue weighted by Gasteiger charge is -2.11. The zero-order valence-electron chi connectivity index (χ0n) is 7.09. The van der Waals surface area contributed by atoms with Gasteiger partial charge in [0.1, 0.15) is 6.04 Å². The zero-order valence-corrected chi connectivity index (χ0v) is 7.09. The highest BCUT2D eigenvalue weighted by atomic mass is 16.5. The molecule has 11 heavy (non-hydrogen) atoms. The molecule has 0 saturated heterocycles. The van der Waals surface area contributed by atoms with Crippen molar-refractivity contribution in [3.63, 3.8) is 0 Å². The van der Waals surface area contributed by atoms with E-state index in [0.717, 1.165) is 12.8 Å². The molecule has 0 radical (unpaired) electrons. The Morgan fingerprint density at radius 1 is 1.73 bits per heavy atom. The lowest BCUT2D eigenvalue weighted by atomic mass is 10.1. The molecule has 4 heteroatoms. The molecule has 1 unspecified atom stereocenters. The maximum absolute atomic E-state index is 10.9. The van der Waals surface area contributed by atoms with Crippen LogP contribution >= 0.6 is 0 Å². The van der Waals surface area contributed by atoms with Gasteiger partial charge in [-0.15, -0.1) is 0 Å². The number of rotatable bonds is 5. The second kappa shape index (κ2) is 6.12. The van der Waals surface area contributed by atoms with E-state index in [0.29, 0.717) is 6.54 Å². The molecular weight excluding hydrogens is 144 g/mol. The summed E-state index contributed by atoms with van der Waals surface area (Å²) in [5, 5.41) is 2.86. The smallest absolute Gasteiger partial charge is 0.322 e. The van der Waals surface area contributed by atoms with E-state index in [4.69, 9.17) is 5.73 Å². The number of likely N-dealkylation sites (N-methyl/N-ethyl adjacent to an activating group) is 1. The van der Waals surface area contributed by atoms with Gasteiger partial charge in [0, 0.05) is 0 Å². The van der Waals surface area contributed by atoms with Crippen LogP contribution in [0.1, 0.15) is 12.8 Å². The highest BCUT2D eigenvalue weighted by Crippen LogP contribution is 1.96. The summed E-state index contributed by atoms with van der Waals surface area (Å²) < 4.78 is 4.56. The molecule has 66 valence electrons. The predicted octanol–water partition coefficient (Wildman–Crippen LogP) is -0.514. The third-order valence-corrected chi connectivity index (χ3v) is 1.53. The van der Waals surface area contributed by atoms with Crippen LogP contribution in [0.3, 0.4) is 0 Å². The van der Waals surface area contributed by atoms with Gasteiger partial charge in [-0.3, -0.25) is 4.79 Å². The largest absolute Gasteiger partial charge is 0.468 e. The van der Waals surface area contributed by atoms with Gasteiger partial charge in [-0.05, 0) is 26.4 Å². The van der Waals surface area contributed by atoms with Crippen LogP contribution in [0.5, 0.6) is 0 Å². The number of nitrogens with two attached hydrogens (primary N) is 1. The molecule has 0 aliphatic heterocycles. The van der Waals surface area contributed by atoms with E-state index in [9.17, 15) is 4.79 Å². The summed E-state index contributed by atoms with van der Waals surface area (Å²) in [5.41, 5.74) is 5.29. The summed E-state index contributed by atoms with van der Waals surface area (Å²) in [7, 11) is 3.12. The van der Waals surface area contributed by atoms with Crippen LogP contribution in [0, 0.1) is 0 Å². The van der Waals surface area contributed by atoms with Crippen molar-refractivity contribution < 1.29 is 9.53 Å². The first-order valence-electron chi connectivity index (χ1n) is 3.71. The van der Waals surface area contributed by atoms with Gasteiger partial charge in [0.15, 0.2) is 0 Å². The molecule has 3 N–H and O–H groups in total. The maximum Gasteiger partial charge on any atom is 0.322 e. The topological polar surface area (TPSA) is 64.3 Å². The molecule has 0 aromatic carbocycles. The average Bonchev–Trinajstić information content (AvgIpc) is 2.05. The summed E-state index contributed by atoms with van der Waals surface area (Å²) in [6.45, 7) is 0.606. The van der Waals surface area contributed by atoms with Gasteiger partial charge in [0.25, 0.3) is 0 Å². The SMILES string of the molecule is CNC(CCCN)C(=O)OC. The first-order valence-corrected chi connectivity index (χ1v) is 3.71.